The van der Waals surface area contributed by atoms with Gasteiger partial charge in [0, 0.05) is 6.20 Å². The Labute approximate surface area is 105 Å². The first kappa shape index (κ1) is 14.3. The van der Waals surface area contributed by atoms with Crippen LogP contribution in [0.3, 0.4) is 0 Å². The van der Waals surface area contributed by atoms with Gasteiger partial charge in [-0.15, -0.1) is 11.8 Å². The number of aromatic nitrogens is 1. The normalized spacial score (nSPS) is 10.8. The first-order valence-electron chi connectivity index (χ1n) is 4.71. The molecule has 0 aromatic carbocycles. The monoisotopic (exact) mass is 275 g/mol. The number of rotatable bonds is 4. The summed E-state index contributed by atoms with van der Waals surface area (Å²) >= 11 is 1.07. The summed E-state index contributed by atoms with van der Waals surface area (Å²) in [6.45, 7) is 0. The molecule has 1 amide bonds. The molecule has 0 radical (unpaired) electrons. The highest BCUT2D eigenvalue weighted by Gasteiger charge is 2.30. The van der Waals surface area contributed by atoms with Gasteiger partial charge < -0.3 is 5.32 Å². The fourth-order valence-corrected chi connectivity index (χ4v) is 1.49. The number of carbonyl (C=O) groups excluding carboxylic acids is 1. The van der Waals surface area contributed by atoms with E-state index >= 15 is 0 Å². The average molecular weight is 275 g/mol. The predicted molar refractivity (Wildman–Crippen MR) is 60.8 cm³/mol. The number of halogens is 3. The van der Waals surface area contributed by atoms with Crippen molar-refractivity contribution >= 4 is 23.5 Å². The van der Waals surface area contributed by atoms with Gasteiger partial charge in [-0.3, -0.25) is 4.79 Å². The number of amides is 1. The number of pyridine rings is 1. The highest BCUT2D eigenvalue weighted by Crippen LogP contribution is 2.29. The van der Waals surface area contributed by atoms with Gasteiger partial charge in [-0.05, 0) is 12.1 Å². The summed E-state index contributed by atoms with van der Waals surface area (Å²) < 4.78 is 37.1. The molecule has 0 aliphatic rings. The standard InChI is InChI=1S/C10H8F3N3OS/c11-10(12,13)7-1-3-15-8(5-7)16-9(17)6-18-4-2-14/h1,3,5H,4,6H2,(H,15,16,17). The van der Waals surface area contributed by atoms with E-state index in [2.05, 4.69) is 10.3 Å². The third kappa shape index (κ3) is 4.63. The Morgan fingerprint density at radius 3 is 2.89 bits per heavy atom. The van der Waals surface area contributed by atoms with Crippen LogP contribution in [-0.2, 0) is 11.0 Å². The molecule has 0 aliphatic carbocycles. The summed E-state index contributed by atoms with van der Waals surface area (Å²) in [6.07, 6.45) is -3.50. The molecular weight excluding hydrogens is 267 g/mol. The maximum absolute atomic E-state index is 12.4. The topological polar surface area (TPSA) is 65.8 Å². The van der Waals surface area contributed by atoms with Gasteiger partial charge >= 0.3 is 6.18 Å². The smallest absolute Gasteiger partial charge is 0.310 e. The Morgan fingerprint density at radius 2 is 2.28 bits per heavy atom. The first-order valence-corrected chi connectivity index (χ1v) is 5.86. The van der Waals surface area contributed by atoms with Crippen LogP contribution >= 0.6 is 11.8 Å². The third-order valence-electron chi connectivity index (χ3n) is 1.75. The highest BCUT2D eigenvalue weighted by atomic mass is 32.2. The molecule has 1 aromatic heterocycles. The lowest BCUT2D eigenvalue weighted by atomic mass is 10.2. The summed E-state index contributed by atoms with van der Waals surface area (Å²) in [5.41, 5.74) is -0.877. The lowest BCUT2D eigenvalue weighted by Crippen LogP contribution is -2.16. The Balaban J connectivity index is 2.63. The molecule has 0 saturated carbocycles. The number of thioether (sulfide) groups is 1. The Hall–Kier alpha value is -1.75. The van der Waals surface area contributed by atoms with Gasteiger partial charge in [0.05, 0.1) is 23.1 Å². The van der Waals surface area contributed by atoms with Crippen LogP contribution in [0.2, 0.25) is 0 Å². The Kier molecular flexibility index (Phi) is 4.97. The van der Waals surface area contributed by atoms with Crippen molar-refractivity contribution in [1.82, 2.24) is 4.98 Å². The number of alkyl halides is 3. The second kappa shape index (κ2) is 6.26. The summed E-state index contributed by atoms with van der Waals surface area (Å²) in [5.74, 6) is -0.524. The average Bonchev–Trinajstić information content (AvgIpc) is 2.28. The maximum atomic E-state index is 12.4. The number of nitriles is 1. The molecular formula is C10H8F3N3OS. The van der Waals surface area contributed by atoms with E-state index < -0.39 is 17.6 Å². The van der Waals surface area contributed by atoms with Crippen LogP contribution in [0.4, 0.5) is 19.0 Å². The van der Waals surface area contributed by atoms with Crippen LogP contribution in [0.15, 0.2) is 18.3 Å². The summed E-state index contributed by atoms with van der Waals surface area (Å²) in [6, 6.07) is 3.41. The van der Waals surface area contributed by atoms with Crippen molar-refractivity contribution in [3.05, 3.63) is 23.9 Å². The minimum atomic E-state index is -4.47. The Bertz CT molecular complexity index is 470. The van der Waals surface area contributed by atoms with E-state index in [0.29, 0.717) is 0 Å². The molecule has 0 atom stereocenters. The van der Waals surface area contributed by atoms with E-state index in [-0.39, 0.29) is 17.3 Å². The van der Waals surface area contributed by atoms with E-state index in [9.17, 15) is 18.0 Å². The largest absolute Gasteiger partial charge is 0.416 e. The van der Waals surface area contributed by atoms with Gasteiger partial charge in [-0.1, -0.05) is 0 Å². The van der Waals surface area contributed by atoms with Crippen molar-refractivity contribution in [2.45, 2.75) is 6.18 Å². The van der Waals surface area contributed by atoms with Crippen LogP contribution in [0.1, 0.15) is 5.56 Å². The lowest BCUT2D eigenvalue weighted by Gasteiger charge is -2.08. The van der Waals surface area contributed by atoms with Gasteiger partial charge in [-0.2, -0.15) is 18.4 Å². The number of nitrogens with zero attached hydrogens (tertiary/aromatic N) is 2. The molecule has 0 unspecified atom stereocenters. The molecule has 8 heteroatoms. The molecule has 1 rings (SSSR count). The molecule has 1 N–H and O–H groups in total. The van der Waals surface area contributed by atoms with Crippen LogP contribution in [0.25, 0.3) is 0 Å². The molecule has 18 heavy (non-hydrogen) atoms. The molecule has 1 aromatic rings. The van der Waals surface area contributed by atoms with E-state index in [1.54, 1.807) is 0 Å². The SMILES string of the molecule is N#CCSCC(=O)Nc1cc(C(F)(F)F)ccn1. The quantitative estimate of drug-likeness (QED) is 0.856. The number of anilines is 1. The zero-order chi connectivity index (χ0) is 13.6. The number of nitrogens with one attached hydrogen (secondary N) is 1. The van der Waals surface area contributed by atoms with Crippen LogP contribution in [0, 0.1) is 11.3 Å². The van der Waals surface area contributed by atoms with Gasteiger partial charge in [0.2, 0.25) is 5.91 Å². The zero-order valence-electron chi connectivity index (χ0n) is 8.99. The zero-order valence-corrected chi connectivity index (χ0v) is 9.81. The van der Waals surface area contributed by atoms with Crippen LogP contribution in [-0.4, -0.2) is 22.4 Å². The van der Waals surface area contributed by atoms with Crippen LogP contribution < -0.4 is 5.32 Å². The van der Waals surface area contributed by atoms with Gasteiger partial charge in [0.25, 0.3) is 0 Å². The van der Waals surface area contributed by atoms with E-state index in [0.717, 1.165) is 30.1 Å². The molecule has 4 nitrogen and oxygen atoms in total. The minimum Gasteiger partial charge on any atom is -0.310 e. The summed E-state index contributed by atoms with van der Waals surface area (Å²) in [4.78, 5) is 14.9. The van der Waals surface area contributed by atoms with E-state index in [1.807, 2.05) is 6.07 Å². The van der Waals surface area contributed by atoms with E-state index in [1.165, 1.54) is 0 Å². The molecule has 1 heterocycles. The summed E-state index contributed by atoms with van der Waals surface area (Å²) in [7, 11) is 0. The molecule has 96 valence electrons. The van der Waals surface area contributed by atoms with Crippen molar-refractivity contribution in [3.63, 3.8) is 0 Å². The molecule has 0 bridgehead atoms. The van der Waals surface area contributed by atoms with Crippen molar-refractivity contribution in [3.8, 4) is 6.07 Å². The van der Waals surface area contributed by atoms with Crippen molar-refractivity contribution in [2.24, 2.45) is 0 Å². The lowest BCUT2D eigenvalue weighted by molar-refractivity contribution is -0.137. The van der Waals surface area contributed by atoms with Gasteiger partial charge in [0.15, 0.2) is 0 Å². The molecule has 0 fully saturated rings. The molecule has 0 spiro atoms. The highest BCUT2D eigenvalue weighted by molar-refractivity contribution is 8.00. The second-order valence-electron chi connectivity index (χ2n) is 3.13. The minimum absolute atomic E-state index is 0.00845. The van der Waals surface area contributed by atoms with Gasteiger partial charge in [0.1, 0.15) is 5.82 Å². The molecule has 0 aliphatic heterocycles. The number of hydrogen-bond acceptors (Lipinski definition) is 4. The number of carbonyl (C=O) groups is 1. The number of hydrogen-bond donors (Lipinski definition) is 1. The van der Waals surface area contributed by atoms with E-state index in [4.69, 9.17) is 5.26 Å². The fraction of sp³-hybridized carbons (Fsp3) is 0.300. The second-order valence-corrected chi connectivity index (χ2v) is 4.11. The van der Waals surface area contributed by atoms with Crippen molar-refractivity contribution in [1.29, 1.82) is 5.26 Å². The predicted octanol–water partition coefficient (Wildman–Crippen LogP) is 2.30. The van der Waals surface area contributed by atoms with Crippen molar-refractivity contribution in [2.75, 3.05) is 16.8 Å². The summed E-state index contributed by atoms with van der Waals surface area (Å²) in [5, 5.41) is 10.5. The third-order valence-corrected chi connectivity index (χ3v) is 2.55. The van der Waals surface area contributed by atoms with Gasteiger partial charge in [-0.25, -0.2) is 4.98 Å². The maximum Gasteiger partial charge on any atom is 0.416 e. The fourth-order valence-electron chi connectivity index (χ4n) is 1.04. The van der Waals surface area contributed by atoms with Crippen LogP contribution in [0.5, 0.6) is 0 Å². The molecule has 0 saturated heterocycles. The van der Waals surface area contributed by atoms with Crippen molar-refractivity contribution < 1.29 is 18.0 Å². The Morgan fingerprint density at radius 1 is 1.56 bits per heavy atom. The first-order chi connectivity index (χ1) is 8.43.